The van der Waals surface area contributed by atoms with E-state index in [4.69, 9.17) is 16.3 Å². The van der Waals surface area contributed by atoms with Gasteiger partial charge >= 0.3 is 0 Å². The fraction of sp³-hybridized carbons (Fsp3) is 0. The van der Waals surface area contributed by atoms with Gasteiger partial charge in [0.1, 0.15) is 11.5 Å². The molecule has 0 aliphatic carbocycles. The maximum absolute atomic E-state index is 11.3. The Morgan fingerprint density at radius 2 is 1.74 bits per heavy atom. The Bertz CT molecular complexity index is 778. The number of rotatable bonds is 2. The van der Waals surface area contributed by atoms with Crippen LogP contribution in [-0.4, -0.2) is 4.98 Å². The molecule has 0 saturated heterocycles. The lowest BCUT2D eigenvalue weighted by molar-refractivity contribution is 0.488. The highest BCUT2D eigenvalue weighted by Crippen LogP contribution is 2.28. The van der Waals surface area contributed by atoms with Crippen LogP contribution in [0.25, 0.3) is 10.9 Å². The minimum absolute atomic E-state index is 0.129. The summed E-state index contributed by atoms with van der Waals surface area (Å²) in [5.74, 6) is 1.39. The number of aromatic amines is 1. The van der Waals surface area contributed by atoms with Gasteiger partial charge in [-0.3, -0.25) is 4.79 Å². The van der Waals surface area contributed by atoms with Crippen molar-refractivity contribution in [1.29, 1.82) is 0 Å². The van der Waals surface area contributed by atoms with E-state index >= 15 is 0 Å². The van der Waals surface area contributed by atoms with Gasteiger partial charge < -0.3 is 9.72 Å². The van der Waals surface area contributed by atoms with Crippen molar-refractivity contribution in [2.45, 2.75) is 0 Å². The van der Waals surface area contributed by atoms with E-state index in [1.807, 2.05) is 18.2 Å². The summed E-state index contributed by atoms with van der Waals surface area (Å²) in [6, 6.07) is 15.9. The zero-order valence-electron chi connectivity index (χ0n) is 9.89. The summed E-state index contributed by atoms with van der Waals surface area (Å²) < 4.78 is 5.81. The van der Waals surface area contributed by atoms with Crippen molar-refractivity contribution in [3.8, 4) is 11.5 Å². The maximum atomic E-state index is 11.3. The number of fused-ring (bicyclic) bond motifs is 1. The van der Waals surface area contributed by atoms with Crippen molar-refractivity contribution in [1.82, 2.24) is 4.98 Å². The van der Waals surface area contributed by atoms with Gasteiger partial charge in [0.15, 0.2) is 0 Å². The summed E-state index contributed by atoms with van der Waals surface area (Å²) in [7, 11) is 0. The van der Waals surface area contributed by atoms with Crippen LogP contribution in [0.4, 0.5) is 0 Å². The number of H-pyrrole nitrogens is 1. The van der Waals surface area contributed by atoms with Crippen molar-refractivity contribution in [3.05, 3.63) is 70.0 Å². The summed E-state index contributed by atoms with van der Waals surface area (Å²) in [4.78, 5) is 14.0. The Morgan fingerprint density at radius 3 is 2.53 bits per heavy atom. The summed E-state index contributed by atoms with van der Waals surface area (Å²) in [6.07, 6.45) is 0. The van der Waals surface area contributed by atoms with Gasteiger partial charge in [-0.15, -0.1) is 0 Å². The summed E-state index contributed by atoms with van der Waals surface area (Å²) >= 11 is 5.83. The molecular formula is C15H10ClNO2. The van der Waals surface area contributed by atoms with Crippen LogP contribution in [0.1, 0.15) is 0 Å². The molecule has 3 nitrogen and oxygen atoms in total. The topological polar surface area (TPSA) is 42.1 Å². The number of hydrogen-bond acceptors (Lipinski definition) is 2. The number of benzene rings is 2. The van der Waals surface area contributed by atoms with Crippen LogP contribution in [0.5, 0.6) is 11.5 Å². The molecular weight excluding hydrogens is 262 g/mol. The van der Waals surface area contributed by atoms with Gasteiger partial charge in [0.2, 0.25) is 5.56 Å². The molecule has 0 radical (unpaired) electrons. The van der Waals surface area contributed by atoms with Gasteiger partial charge in [0, 0.05) is 16.5 Å². The van der Waals surface area contributed by atoms with Gasteiger partial charge in [0.25, 0.3) is 0 Å². The minimum Gasteiger partial charge on any atom is -0.457 e. The molecule has 4 heteroatoms. The smallest absolute Gasteiger partial charge is 0.248 e. The van der Waals surface area contributed by atoms with E-state index in [0.717, 1.165) is 10.9 Å². The van der Waals surface area contributed by atoms with Crippen LogP contribution in [0.15, 0.2) is 59.4 Å². The van der Waals surface area contributed by atoms with Crippen molar-refractivity contribution in [2.75, 3.05) is 0 Å². The fourth-order valence-corrected chi connectivity index (χ4v) is 2.00. The second-order valence-corrected chi connectivity index (χ2v) is 4.53. The number of aromatic nitrogens is 1. The number of nitrogens with one attached hydrogen (secondary N) is 1. The lowest BCUT2D eigenvalue weighted by atomic mass is 10.2. The van der Waals surface area contributed by atoms with Gasteiger partial charge in [-0.05, 0) is 42.5 Å². The third kappa shape index (κ3) is 2.46. The summed E-state index contributed by atoms with van der Waals surface area (Å²) in [5.41, 5.74) is 0.620. The monoisotopic (exact) mass is 271 g/mol. The second-order valence-electron chi connectivity index (χ2n) is 4.10. The molecule has 0 fully saturated rings. The van der Waals surface area contributed by atoms with Crippen molar-refractivity contribution in [3.63, 3.8) is 0 Å². The van der Waals surface area contributed by atoms with Crippen LogP contribution in [0, 0.1) is 0 Å². The Hall–Kier alpha value is -2.26. The first-order valence-electron chi connectivity index (χ1n) is 5.78. The molecule has 19 heavy (non-hydrogen) atoms. The molecule has 3 aromatic rings. The van der Waals surface area contributed by atoms with Crippen molar-refractivity contribution < 1.29 is 4.74 Å². The molecule has 0 spiro atoms. The largest absolute Gasteiger partial charge is 0.457 e. The molecule has 1 N–H and O–H groups in total. The van der Waals surface area contributed by atoms with Crippen molar-refractivity contribution >= 4 is 22.5 Å². The zero-order chi connectivity index (χ0) is 13.2. The fourth-order valence-electron chi connectivity index (χ4n) is 1.88. The van der Waals surface area contributed by atoms with Crippen LogP contribution in [0.3, 0.4) is 0 Å². The van der Waals surface area contributed by atoms with E-state index in [1.165, 1.54) is 6.07 Å². The quantitative estimate of drug-likeness (QED) is 0.766. The zero-order valence-corrected chi connectivity index (χ0v) is 10.6. The molecule has 0 unspecified atom stereocenters. The molecule has 2 aromatic carbocycles. The molecule has 1 aromatic heterocycles. The standard InChI is InChI=1S/C15H10ClNO2/c16-10-4-6-11(7-5-10)19-14-3-1-2-13-12(14)8-9-15(18)17-13/h1-9H,(H,17,18). The second kappa shape index (κ2) is 4.78. The van der Waals surface area contributed by atoms with E-state index in [-0.39, 0.29) is 5.56 Å². The van der Waals surface area contributed by atoms with E-state index in [1.54, 1.807) is 30.3 Å². The van der Waals surface area contributed by atoms with Crippen LogP contribution < -0.4 is 10.3 Å². The molecule has 0 atom stereocenters. The Morgan fingerprint density at radius 1 is 0.947 bits per heavy atom. The molecule has 0 amide bonds. The average Bonchev–Trinajstić information content (AvgIpc) is 2.41. The lowest BCUT2D eigenvalue weighted by Gasteiger charge is -2.08. The number of hydrogen-bond donors (Lipinski definition) is 1. The first-order chi connectivity index (χ1) is 9.22. The highest BCUT2D eigenvalue weighted by Gasteiger charge is 2.03. The Labute approximate surface area is 114 Å². The molecule has 94 valence electrons. The van der Waals surface area contributed by atoms with Crippen LogP contribution >= 0.6 is 11.6 Å². The van der Waals surface area contributed by atoms with Crippen molar-refractivity contribution in [2.24, 2.45) is 0 Å². The van der Waals surface area contributed by atoms with Gasteiger partial charge in [-0.2, -0.15) is 0 Å². The maximum Gasteiger partial charge on any atom is 0.248 e. The molecule has 0 aliphatic rings. The molecule has 0 aliphatic heterocycles. The first kappa shape index (κ1) is 11.8. The third-order valence-corrected chi connectivity index (χ3v) is 3.02. The molecule has 3 rings (SSSR count). The number of halogens is 1. The summed E-state index contributed by atoms with van der Waals surface area (Å²) in [5, 5.41) is 1.52. The number of pyridine rings is 1. The highest BCUT2D eigenvalue weighted by atomic mass is 35.5. The SMILES string of the molecule is O=c1ccc2c(Oc3ccc(Cl)cc3)cccc2[nH]1. The third-order valence-electron chi connectivity index (χ3n) is 2.77. The van der Waals surface area contributed by atoms with Gasteiger partial charge in [-0.25, -0.2) is 0 Å². The van der Waals surface area contributed by atoms with E-state index in [2.05, 4.69) is 4.98 Å². The number of ether oxygens (including phenoxy) is 1. The Kier molecular flexibility index (Phi) is 2.97. The predicted octanol–water partition coefficient (Wildman–Crippen LogP) is 3.97. The molecule has 0 saturated carbocycles. The molecule has 1 heterocycles. The average molecular weight is 272 g/mol. The van der Waals surface area contributed by atoms with Crippen LogP contribution in [0.2, 0.25) is 5.02 Å². The van der Waals surface area contributed by atoms with Gasteiger partial charge in [-0.1, -0.05) is 17.7 Å². The first-order valence-corrected chi connectivity index (χ1v) is 6.16. The van der Waals surface area contributed by atoms with Crippen LogP contribution in [-0.2, 0) is 0 Å². The van der Waals surface area contributed by atoms with E-state index < -0.39 is 0 Å². The van der Waals surface area contributed by atoms with E-state index in [9.17, 15) is 4.79 Å². The Balaban J connectivity index is 2.05. The minimum atomic E-state index is -0.129. The molecule has 0 bridgehead atoms. The predicted molar refractivity (Wildman–Crippen MR) is 76.1 cm³/mol. The highest BCUT2D eigenvalue weighted by molar-refractivity contribution is 6.30. The normalized spacial score (nSPS) is 10.6. The lowest BCUT2D eigenvalue weighted by Crippen LogP contribution is -2.02. The van der Waals surface area contributed by atoms with Gasteiger partial charge in [0.05, 0.1) is 5.52 Å². The van der Waals surface area contributed by atoms with E-state index in [0.29, 0.717) is 16.5 Å². The summed E-state index contributed by atoms with van der Waals surface area (Å²) in [6.45, 7) is 0.